The Balaban J connectivity index is 2.44. The number of rotatable bonds is 2. The summed E-state index contributed by atoms with van der Waals surface area (Å²) in [7, 11) is 0. The highest BCUT2D eigenvalue weighted by molar-refractivity contribution is 5.67. The fourth-order valence-corrected chi connectivity index (χ4v) is 1.57. The van der Waals surface area contributed by atoms with Gasteiger partial charge in [0.1, 0.15) is 5.76 Å². The molecule has 2 nitrogen and oxygen atoms in total. The summed E-state index contributed by atoms with van der Waals surface area (Å²) in [5, 5.41) is 0. The summed E-state index contributed by atoms with van der Waals surface area (Å²) in [6.45, 7) is 3.64. The lowest BCUT2D eigenvalue weighted by molar-refractivity contribution is -0.137. The second kappa shape index (κ2) is 4.29. The second-order valence-electron chi connectivity index (χ2n) is 3.32. The zero-order valence-corrected chi connectivity index (χ0v) is 7.80. The fraction of sp³-hybridized carbons (Fsp3) is 0.700. The summed E-state index contributed by atoms with van der Waals surface area (Å²) in [6.07, 6.45) is 6.45. The van der Waals surface area contributed by atoms with Crippen molar-refractivity contribution in [2.24, 2.45) is 5.92 Å². The Hall–Kier alpha value is -0.790. The Morgan fingerprint density at radius 2 is 2.50 bits per heavy atom. The molecule has 0 spiro atoms. The first-order valence-electron chi connectivity index (χ1n) is 4.59. The minimum absolute atomic E-state index is 0.196. The zero-order chi connectivity index (χ0) is 8.97. The van der Waals surface area contributed by atoms with Crippen LogP contribution in [0.3, 0.4) is 0 Å². The number of allylic oxidation sites excluding steroid dienone is 2. The van der Waals surface area contributed by atoms with Gasteiger partial charge in [0.15, 0.2) is 0 Å². The normalized spacial score (nSPS) is 23.2. The Morgan fingerprint density at radius 1 is 1.75 bits per heavy atom. The van der Waals surface area contributed by atoms with E-state index in [0.717, 1.165) is 18.6 Å². The van der Waals surface area contributed by atoms with E-state index in [1.807, 2.05) is 6.08 Å². The molecule has 12 heavy (non-hydrogen) atoms. The third-order valence-corrected chi connectivity index (χ3v) is 2.29. The molecule has 0 saturated heterocycles. The minimum Gasteiger partial charge on any atom is -0.432 e. The predicted octanol–water partition coefficient (Wildman–Crippen LogP) is 2.64. The number of ether oxygens (including phenoxy) is 1. The topological polar surface area (TPSA) is 26.3 Å². The van der Waals surface area contributed by atoms with Crippen LogP contribution in [0.25, 0.3) is 0 Å². The van der Waals surface area contributed by atoms with Crippen molar-refractivity contribution in [3.05, 3.63) is 11.8 Å². The van der Waals surface area contributed by atoms with Gasteiger partial charge in [-0.05, 0) is 24.8 Å². The van der Waals surface area contributed by atoms with Crippen molar-refractivity contribution < 1.29 is 9.53 Å². The zero-order valence-electron chi connectivity index (χ0n) is 7.80. The molecule has 1 rings (SSSR count). The summed E-state index contributed by atoms with van der Waals surface area (Å²) in [6, 6.07) is 0. The van der Waals surface area contributed by atoms with Gasteiger partial charge in [-0.25, -0.2) is 0 Å². The molecule has 0 fully saturated rings. The number of carbonyl (C=O) groups is 1. The molecule has 0 saturated carbocycles. The molecule has 0 radical (unpaired) electrons. The maximum atomic E-state index is 10.6. The molecule has 0 heterocycles. The van der Waals surface area contributed by atoms with E-state index in [9.17, 15) is 4.79 Å². The Morgan fingerprint density at radius 3 is 3.08 bits per heavy atom. The van der Waals surface area contributed by atoms with Crippen molar-refractivity contribution in [1.82, 2.24) is 0 Å². The highest BCUT2D eigenvalue weighted by Gasteiger charge is 2.15. The van der Waals surface area contributed by atoms with Gasteiger partial charge in [-0.15, -0.1) is 0 Å². The van der Waals surface area contributed by atoms with Gasteiger partial charge in [0.2, 0.25) is 0 Å². The maximum Gasteiger partial charge on any atom is 0.307 e. The first kappa shape index (κ1) is 9.30. The lowest BCUT2D eigenvalue weighted by atomic mass is 9.91. The van der Waals surface area contributed by atoms with Gasteiger partial charge in [0, 0.05) is 13.3 Å². The van der Waals surface area contributed by atoms with Crippen LogP contribution in [0.5, 0.6) is 0 Å². The Labute approximate surface area is 73.6 Å². The lowest BCUT2D eigenvalue weighted by Gasteiger charge is -2.20. The number of hydrogen-bond acceptors (Lipinski definition) is 2. The summed E-state index contributed by atoms with van der Waals surface area (Å²) >= 11 is 0. The van der Waals surface area contributed by atoms with Crippen molar-refractivity contribution >= 4 is 5.97 Å². The molecule has 1 atom stereocenters. The molecule has 0 aliphatic heterocycles. The standard InChI is InChI=1S/C10H16O2/c1-3-9-5-4-6-10(7-9)12-8(2)11/h6,9H,3-5,7H2,1-2H3. The van der Waals surface area contributed by atoms with E-state index in [-0.39, 0.29) is 5.97 Å². The van der Waals surface area contributed by atoms with E-state index in [0.29, 0.717) is 5.92 Å². The molecular formula is C10H16O2. The van der Waals surface area contributed by atoms with E-state index in [1.54, 1.807) is 0 Å². The number of carbonyl (C=O) groups excluding carboxylic acids is 1. The van der Waals surface area contributed by atoms with Crippen molar-refractivity contribution in [3.8, 4) is 0 Å². The van der Waals surface area contributed by atoms with Gasteiger partial charge < -0.3 is 4.74 Å². The molecule has 1 aliphatic carbocycles. The summed E-state index contributed by atoms with van der Waals surface area (Å²) in [4.78, 5) is 10.6. The van der Waals surface area contributed by atoms with Crippen molar-refractivity contribution in [3.63, 3.8) is 0 Å². The van der Waals surface area contributed by atoms with Crippen LogP contribution in [0.4, 0.5) is 0 Å². The fourth-order valence-electron chi connectivity index (χ4n) is 1.57. The third-order valence-electron chi connectivity index (χ3n) is 2.29. The van der Waals surface area contributed by atoms with Crippen LogP contribution in [0.2, 0.25) is 0 Å². The van der Waals surface area contributed by atoms with Gasteiger partial charge >= 0.3 is 5.97 Å². The highest BCUT2D eigenvalue weighted by atomic mass is 16.5. The number of esters is 1. The molecule has 0 bridgehead atoms. The maximum absolute atomic E-state index is 10.6. The van der Waals surface area contributed by atoms with Crippen LogP contribution in [-0.4, -0.2) is 5.97 Å². The van der Waals surface area contributed by atoms with Crippen LogP contribution in [-0.2, 0) is 9.53 Å². The molecule has 68 valence electrons. The summed E-state index contributed by atoms with van der Waals surface area (Å²) in [5.41, 5.74) is 0. The predicted molar refractivity (Wildman–Crippen MR) is 47.5 cm³/mol. The molecule has 0 aromatic heterocycles. The molecule has 1 aliphatic rings. The van der Waals surface area contributed by atoms with Crippen LogP contribution in [0.1, 0.15) is 39.5 Å². The van der Waals surface area contributed by atoms with E-state index >= 15 is 0 Å². The highest BCUT2D eigenvalue weighted by Crippen LogP contribution is 2.26. The van der Waals surface area contributed by atoms with E-state index in [4.69, 9.17) is 4.74 Å². The van der Waals surface area contributed by atoms with Gasteiger partial charge in [0.05, 0.1) is 0 Å². The van der Waals surface area contributed by atoms with E-state index in [1.165, 1.54) is 19.8 Å². The Kier molecular flexibility index (Phi) is 3.32. The molecule has 0 N–H and O–H groups in total. The SMILES string of the molecule is CCC1CCC=C(OC(C)=O)C1. The van der Waals surface area contributed by atoms with Gasteiger partial charge in [-0.3, -0.25) is 4.79 Å². The average Bonchev–Trinajstić information content (AvgIpc) is 2.03. The smallest absolute Gasteiger partial charge is 0.307 e. The molecule has 2 heteroatoms. The van der Waals surface area contributed by atoms with E-state index < -0.39 is 0 Å². The minimum atomic E-state index is -0.196. The molecule has 0 amide bonds. The van der Waals surface area contributed by atoms with Crippen molar-refractivity contribution in [2.75, 3.05) is 0 Å². The Bertz CT molecular complexity index is 194. The van der Waals surface area contributed by atoms with Crippen molar-refractivity contribution in [1.29, 1.82) is 0 Å². The summed E-state index contributed by atoms with van der Waals surface area (Å²) < 4.78 is 5.05. The first-order chi connectivity index (χ1) is 5.72. The molecule has 0 aromatic rings. The molecular weight excluding hydrogens is 152 g/mol. The summed E-state index contributed by atoms with van der Waals surface area (Å²) in [5.74, 6) is 1.39. The third kappa shape index (κ3) is 2.68. The van der Waals surface area contributed by atoms with Gasteiger partial charge in [-0.2, -0.15) is 0 Å². The first-order valence-corrected chi connectivity index (χ1v) is 4.59. The number of hydrogen-bond donors (Lipinski definition) is 0. The van der Waals surface area contributed by atoms with Crippen LogP contribution in [0, 0.1) is 5.92 Å². The molecule has 1 unspecified atom stereocenters. The quantitative estimate of drug-likeness (QED) is 0.592. The second-order valence-corrected chi connectivity index (χ2v) is 3.32. The van der Waals surface area contributed by atoms with Crippen LogP contribution in [0.15, 0.2) is 11.8 Å². The van der Waals surface area contributed by atoms with Gasteiger partial charge in [-0.1, -0.05) is 13.3 Å². The average molecular weight is 168 g/mol. The van der Waals surface area contributed by atoms with Crippen LogP contribution >= 0.6 is 0 Å². The van der Waals surface area contributed by atoms with Crippen molar-refractivity contribution in [2.45, 2.75) is 39.5 Å². The molecule has 0 aromatic carbocycles. The van der Waals surface area contributed by atoms with E-state index in [2.05, 4.69) is 6.92 Å². The van der Waals surface area contributed by atoms with Gasteiger partial charge in [0.25, 0.3) is 0 Å². The largest absolute Gasteiger partial charge is 0.432 e. The lowest BCUT2D eigenvalue weighted by Crippen LogP contribution is -2.09. The van der Waals surface area contributed by atoms with Crippen LogP contribution < -0.4 is 0 Å². The monoisotopic (exact) mass is 168 g/mol.